The number of ether oxygens (including phenoxy) is 1. The van der Waals surface area contributed by atoms with E-state index in [1.54, 1.807) is 0 Å². The van der Waals surface area contributed by atoms with Crippen LogP contribution < -0.4 is 0 Å². The van der Waals surface area contributed by atoms with E-state index < -0.39 is 17.7 Å². The lowest BCUT2D eigenvalue weighted by Crippen LogP contribution is -2.33. The maximum absolute atomic E-state index is 13.1. The van der Waals surface area contributed by atoms with Crippen LogP contribution in [0.3, 0.4) is 0 Å². The fourth-order valence-corrected chi connectivity index (χ4v) is 2.19. The predicted molar refractivity (Wildman–Crippen MR) is 61.9 cm³/mol. The van der Waals surface area contributed by atoms with Crippen molar-refractivity contribution in [2.45, 2.75) is 39.0 Å². The van der Waals surface area contributed by atoms with Gasteiger partial charge in [-0.2, -0.15) is 0 Å². The molecule has 3 nitrogen and oxygen atoms in total. The van der Waals surface area contributed by atoms with Crippen LogP contribution in [0.2, 0.25) is 0 Å². The number of carbonyl (C=O) groups is 1. The number of carbonyl (C=O) groups excluding carboxylic acids is 1. The zero-order chi connectivity index (χ0) is 13.3. The number of hydrogen-bond donors (Lipinski definition) is 0. The van der Waals surface area contributed by atoms with E-state index in [4.69, 9.17) is 4.74 Å². The van der Waals surface area contributed by atoms with Gasteiger partial charge in [-0.25, -0.2) is 13.6 Å². The lowest BCUT2D eigenvalue weighted by molar-refractivity contribution is 0.128. The Kier molecular flexibility index (Phi) is 3.50. The van der Waals surface area contributed by atoms with Gasteiger partial charge < -0.3 is 4.74 Å². The van der Waals surface area contributed by atoms with Gasteiger partial charge in [-0.1, -0.05) is 6.92 Å². The maximum atomic E-state index is 13.1. The molecular weight excluding hydrogens is 240 g/mol. The topological polar surface area (TPSA) is 29.5 Å². The summed E-state index contributed by atoms with van der Waals surface area (Å²) in [5, 5.41) is 0. The van der Waals surface area contributed by atoms with E-state index in [9.17, 15) is 13.6 Å². The molecule has 1 aliphatic heterocycles. The van der Waals surface area contributed by atoms with Crippen molar-refractivity contribution in [2.75, 3.05) is 0 Å². The average molecular weight is 255 g/mol. The van der Waals surface area contributed by atoms with Crippen LogP contribution in [0.4, 0.5) is 13.6 Å². The molecule has 1 fully saturated rings. The molecule has 1 aromatic rings. The predicted octanol–water partition coefficient (Wildman–Crippen LogP) is 3.08. The molecule has 1 amide bonds. The Morgan fingerprint density at radius 3 is 2.39 bits per heavy atom. The summed E-state index contributed by atoms with van der Waals surface area (Å²) >= 11 is 0. The first-order chi connectivity index (χ1) is 8.51. The number of benzene rings is 1. The Labute approximate surface area is 104 Å². The largest absolute Gasteiger partial charge is 0.444 e. The Bertz CT molecular complexity index is 444. The molecule has 0 saturated carbocycles. The van der Waals surface area contributed by atoms with Crippen molar-refractivity contribution in [3.05, 3.63) is 35.4 Å². The van der Waals surface area contributed by atoms with Crippen LogP contribution in [-0.2, 0) is 11.3 Å². The first-order valence-corrected chi connectivity index (χ1v) is 5.93. The SMILES string of the molecule is CC[C@H]1OC(=O)N(Cc2cc(F)cc(F)c2)[C@@H]1C. The third-order valence-corrected chi connectivity index (χ3v) is 3.19. The van der Waals surface area contributed by atoms with E-state index >= 15 is 0 Å². The molecule has 1 saturated heterocycles. The highest BCUT2D eigenvalue weighted by molar-refractivity contribution is 5.70. The van der Waals surface area contributed by atoms with Crippen molar-refractivity contribution in [1.29, 1.82) is 0 Å². The summed E-state index contributed by atoms with van der Waals surface area (Å²) in [6.45, 7) is 3.96. The molecule has 2 rings (SSSR count). The Morgan fingerprint density at radius 2 is 1.89 bits per heavy atom. The smallest absolute Gasteiger partial charge is 0.410 e. The number of amides is 1. The molecule has 1 aromatic carbocycles. The molecule has 0 N–H and O–H groups in total. The van der Waals surface area contributed by atoms with Crippen molar-refractivity contribution in [3.63, 3.8) is 0 Å². The molecule has 0 aromatic heterocycles. The number of halogens is 2. The fraction of sp³-hybridized carbons (Fsp3) is 0.462. The van der Waals surface area contributed by atoms with Gasteiger partial charge in [-0.05, 0) is 31.0 Å². The van der Waals surface area contributed by atoms with Gasteiger partial charge in [0.15, 0.2) is 0 Å². The second-order valence-electron chi connectivity index (χ2n) is 4.48. The Morgan fingerprint density at radius 1 is 1.28 bits per heavy atom. The molecule has 0 spiro atoms. The van der Waals surface area contributed by atoms with Crippen LogP contribution in [0.5, 0.6) is 0 Å². The summed E-state index contributed by atoms with van der Waals surface area (Å²) in [7, 11) is 0. The summed E-state index contributed by atoms with van der Waals surface area (Å²) in [6.07, 6.45) is 0.135. The lowest BCUT2D eigenvalue weighted by atomic mass is 10.1. The van der Waals surface area contributed by atoms with Gasteiger partial charge in [0.1, 0.15) is 17.7 Å². The summed E-state index contributed by atoms with van der Waals surface area (Å²) in [4.78, 5) is 13.1. The molecule has 1 heterocycles. The Balaban J connectivity index is 2.16. The molecule has 18 heavy (non-hydrogen) atoms. The highest BCUT2D eigenvalue weighted by Gasteiger charge is 2.37. The van der Waals surface area contributed by atoms with E-state index in [1.807, 2.05) is 13.8 Å². The highest BCUT2D eigenvalue weighted by atomic mass is 19.1. The molecule has 1 aliphatic rings. The van der Waals surface area contributed by atoms with Gasteiger partial charge in [0, 0.05) is 12.6 Å². The van der Waals surface area contributed by atoms with Crippen LogP contribution in [0.15, 0.2) is 18.2 Å². The van der Waals surface area contributed by atoms with Crippen molar-refractivity contribution in [1.82, 2.24) is 4.90 Å². The minimum Gasteiger partial charge on any atom is -0.444 e. The second-order valence-corrected chi connectivity index (χ2v) is 4.48. The molecule has 0 radical (unpaired) electrons. The number of rotatable bonds is 3. The third kappa shape index (κ3) is 2.44. The number of cyclic esters (lactones) is 1. The molecule has 0 unspecified atom stereocenters. The minimum absolute atomic E-state index is 0.0890. The van der Waals surface area contributed by atoms with Crippen LogP contribution in [0, 0.1) is 11.6 Å². The molecule has 0 bridgehead atoms. The van der Waals surface area contributed by atoms with Gasteiger partial charge in [-0.15, -0.1) is 0 Å². The van der Waals surface area contributed by atoms with Gasteiger partial charge in [0.2, 0.25) is 0 Å². The highest BCUT2D eigenvalue weighted by Crippen LogP contribution is 2.24. The second kappa shape index (κ2) is 4.92. The van der Waals surface area contributed by atoms with Crippen molar-refractivity contribution < 1.29 is 18.3 Å². The average Bonchev–Trinajstić information content (AvgIpc) is 2.55. The number of nitrogens with zero attached hydrogens (tertiary/aromatic N) is 1. The van der Waals surface area contributed by atoms with Crippen molar-refractivity contribution in [2.24, 2.45) is 0 Å². The van der Waals surface area contributed by atoms with Crippen LogP contribution >= 0.6 is 0 Å². The van der Waals surface area contributed by atoms with Gasteiger partial charge in [-0.3, -0.25) is 4.90 Å². The molecule has 98 valence electrons. The van der Waals surface area contributed by atoms with Crippen molar-refractivity contribution in [3.8, 4) is 0 Å². The van der Waals surface area contributed by atoms with E-state index in [0.29, 0.717) is 5.56 Å². The summed E-state index contributed by atoms with van der Waals surface area (Å²) in [5.41, 5.74) is 0.424. The van der Waals surface area contributed by atoms with Crippen LogP contribution in [0.1, 0.15) is 25.8 Å². The Hall–Kier alpha value is -1.65. The van der Waals surface area contributed by atoms with E-state index in [-0.39, 0.29) is 18.7 Å². The first-order valence-electron chi connectivity index (χ1n) is 5.93. The quantitative estimate of drug-likeness (QED) is 0.830. The molecule has 0 aliphatic carbocycles. The molecular formula is C13H15F2NO2. The minimum atomic E-state index is -0.641. The van der Waals surface area contributed by atoms with E-state index in [0.717, 1.165) is 12.5 Å². The zero-order valence-corrected chi connectivity index (χ0v) is 10.3. The third-order valence-electron chi connectivity index (χ3n) is 3.19. The van der Waals surface area contributed by atoms with Crippen LogP contribution in [-0.4, -0.2) is 23.1 Å². The normalized spacial score (nSPS) is 23.3. The van der Waals surface area contributed by atoms with E-state index in [2.05, 4.69) is 0 Å². The molecule has 5 heteroatoms. The fourth-order valence-electron chi connectivity index (χ4n) is 2.19. The van der Waals surface area contributed by atoms with Gasteiger partial charge in [0.25, 0.3) is 0 Å². The standard InChI is InChI=1S/C13H15F2NO2/c1-3-12-8(2)16(13(17)18-12)7-9-4-10(14)6-11(15)5-9/h4-6,8,12H,3,7H2,1-2H3/t8-,12-/m1/s1. The maximum Gasteiger partial charge on any atom is 0.410 e. The summed E-state index contributed by atoms with van der Waals surface area (Å²) in [6, 6.07) is 3.17. The van der Waals surface area contributed by atoms with Crippen LogP contribution in [0.25, 0.3) is 0 Å². The first kappa shape index (κ1) is 12.8. The van der Waals surface area contributed by atoms with Crippen molar-refractivity contribution >= 4 is 6.09 Å². The van der Waals surface area contributed by atoms with E-state index in [1.165, 1.54) is 17.0 Å². The lowest BCUT2D eigenvalue weighted by Gasteiger charge is -2.20. The molecule has 2 atom stereocenters. The van der Waals surface area contributed by atoms with Gasteiger partial charge >= 0.3 is 6.09 Å². The monoisotopic (exact) mass is 255 g/mol. The number of hydrogen-bond acceptors (Lipinski definition) is 2. The summed E-state index contributed by atoms with van der Waals surface area (Å²) < 4.78 is 31.3. The summed E-state index contributed by atoms with van der Waals surface area (Å²) in [5.74, 6) is -1.28. The van der Waals surface area contributed by atoms with Gasteiger partial charge in [0.05, 0.1) is 6.04 Å². The zero-order valence-electron chi connectivity index (χ0n) is 10.3.